The first-order chi connectivity index (χ1) is 14.1. The van der Waals surface area contributed by atoms with Crippen LogP contribution in [0, 0.1) is 6.92 Å². The van der Waals surface area contributed by atoms with Crippen LogP contribution in [0.3, 0.4) is 0 Å². The third kappa shape index (κ3) is 4.27. The van der Waals surface area contributed by atoms with Gasteiger partial charge in [-0.3, -0.25) is 14.5 Å². The molecule has 0 atom stereocenters. The average Bonchev–Trinajstić information content (AvgIpc) is 3.40. The minimum atomic E-state index is -0.157. The number of nitrogens with zero attached hydrogens (tertiary/aromatic N) is 3. The summed E-state index contributed by atoms with van der Waals surface area (Å²) in [5, 5.41) is 7.19. The lowest BCUT2D eigenvalue weighted by atomic mass is 10.1. The van der Waals surface area contributed by atoms with Crippen molar-refractivity contribution in [1.29, 1.82) is 0 Å². The standard InChI is InChI=1S/C23H22N4O2/c1-16-20(23(28)25-15-18-11-13-27(2)26-18)8-5-9-22(16)29-19-10-12-24-21(14-19)17-6-3-4-7-17/h3,5-14H,4,15H2,1-2H3,(H,25,28). The second-order valence-electron chi connectivity index (χ2n) is 6.87. The number of carbonyl (C=O) groups excluding carboxylic acids is 1. The van der Waals surface area contributed by atoms with E-state index in [4.69, 9.17) is 4.74 Å². The molecule has 1 amide bonds. The second-order valence-corrected chi connectivity index (χ2v) is 6.87. The summed E-state index contributed by atoms with van der Waals surface area (Å²) < 4.78 is 7.79. The van der Waals surface area contributed by atoms with Crippen LogP contribution in [-0.2, 0) is 13.6 Å². The van der Waals surface area contributed by atoms with E-state index < -0.39 is 0 Å². The molecule has 1 aromatic carbocycles. The first-order valence-corrected chi connectivity index (χ1v) is 9.47. The van der Waals surface area contributed by atoms with E-state index >= 15 is 0 Å². The highest BCUT2D eigenvalue weighted by molar-refractivity contribution is 5.96. The molecule has 0 saturated heterocycles. The maximum Gasteiger partial charge on any atom is 0.252 e. The van der Waals surface area contributed by atoms with Gasteiger partial charge in [0.15, 0.2) is 0 Å². The Labute approximate surface area is 169 Å². The first kappa shape index (κ1) is 18.7. The molecule has 0 unspecified atom stereocenters. The topological polar surface area (TPSA) is 69.0 Å². The number of amides is 1. The van der Waals surface area contributed by atoms with Crippen LogP contribution in [0.2, 0.25) is 0 Å². The largest absolute Gasteiger partial charge is 0.457 e. The van der Waals surface area contributed by atoms with E-state index in [9.17, 15) is 4.79 Å². The van der Waals surface area contributed by atoms with E-state index in [1.165, 1.54) is 0 Å². The average molecular weight is 386 g/mol. The first-order valence-electron chi connectivity index (χ1n) is 9.47. The molecule has 0 radical (unpaired) electrons. The van der Waals surface area contributed by atoms with Crippen molar-refractivity contribution in [3.8, 4) is 11.5 Å². The molecular formula is C23H22N4O2. The van der Waals surface area contributed by atoms with E-state index in [0.29, 0.717) is 23.6 Å². The monoisotopic (exact) mass is 386 g/mol. The van der Waals surface area contributed by atoms with Gasteiger partial charge in [-0.1, -0.05) is 24.3 Å². The highest BCUT2D eigenvalue weighted by atomic mass is 16.5. The number of rotatable bonds is 6. The van der Waals surface area contributed by atoms with Crippen molar-refractivity contribution in [3.63, 3.8) is 0 Å². The maximum absolute atomic E-state index is 12.7. The molecule has 1 aliphatic rings. The molecule has 4 rings (SSSR count). The number of allylic oxidation sites excluding steroid dienone is 4. The SMILES string of the molecule is Cc1c(Oc2ccnc(C3=CCC=C3)c2)cccc1C(=O)NCc1ccn(C)n1. The molecule has 146 valence electrons. The quantitative estimate of drug-likeness (QED) is 0.690. The van der Waals surface area contributed by atoms with Crippen molar-refractivity contribution in [2.75, 3.05) is 0 Å². The number of hydrogen-bond donors (Lipinski definition) is 1. The maximum atomic E-state index is 12.7. The lowest BCUT2D eigenvalue weighted by Gasteiger charge is -2.13. The molecule has 3 aromatic rings. The van der Waals surface area contributed by atoms with Crippen molar-refractivity contribution in [1.82, 2.24) is 20.1 Å². The van der Waals surface area contributed by atoms with Crippen molar-refractivity contribution in [2.45, 2.75) is 19.9 Å². The molecule has 29 heavy (non-hydrogen) atoms. The molecule has 2 heterocycles. The van der Waals surface area contributed by atoms with Crippen molar-refractivity contribution < 1.29 is 9.53 Å². The Morgan fingerprint density at radius 2 is 2.17 bits per heavy atom. The number of ether oxygens (including phenoxy) is 1. The van der Waals surface area contributed by atoms with Gasteiger partial charge in [0.2, 0.25) is 0 Å². The van der Waals surface area contributed by atoms with E-state index in [-0.39, 0.29) is 5.91 Å². The normalized spacial score (nSPS) is 12.7. The van der Waals surface area contributed by atoms with Crippen molar-refractivity contribution in [3.05, 3.63) is 89.5 Å². The van der Waals surface area contributed by atoms with Gasteiger partial charge in [0, 0.05) is 36.6 Å². The summed E-state index contributed by atoms with van der Waals surface area (Å²) in [5.74, 6) is 1.17. The molecular weight excluding hydrogens is 364 g/mol. The van der Waals surface area contributed by atoms with Crippen LogP contribution in [0.25, 0.3) is 5.57 Å². The van der Waals surface area contributed by atoms with Gasteiger partial charge >= 0.3 is 0 Å². The smallest absolute Gasteiger partial charge is 0.252 e. The third-order valence-corrected chi connectivity index (χ3v) is 4.75. The lowest BCUT2D eigenvalue weighted by molar-refractivity contribution is 0.0949. The predicted octanol–water partition coefficient (Wildman–Crippen LogP) is 4.19. The zero-order valence-corrected chi connectivity index (χ0v) is 16.4. The summed E-state index contributed by atoms with van der Waals surface area (Å²) in [6, 6.07) is 11.1. The van der Waals surface area contributed by atoms with Gasteiger partial charge in [-0.25, -0.2) is 0 Å². The lowest BCUT2D eigenvalue weighted by Crippen LogP contribution is -2.24. The predicted molar refractivity (Wildman–Crippen MR) is 112 cm³/mol. The summed E-state index contributed by atoms with van der Waals surface area (Å²) in [7, 11) is 1.85. The van der Waals surface area contributed by atoms with Crippen LogP contribution < -0.4 is 10.1 Å². The molecule has 0 spiro atoms. The Hall–Kier alpha value is -3.67. The molecule has 0 aliphatic heterocycles. The van der Waals surface area contributed by atoms with Crippen molar-refractivity contribution >= 4 is 11.5 Å². The Morgan fingerprint density at radius 1 is 1.28 bits per heavy atom. The number of benzene rings is 1. The molecule has 1 aliphatic carbocycles. The number of nitrogens with one attached hydrogen (secondary N) is 1. The number of aryl methyl sites for hydroxylation is 1. The molecule has 2 aromatic heterocycles. The van der Waals surface area contributed by atoms with Crippen LogP contribution in [-0.4, -0.2) is 20.7 Å². The van der Waals surface area contributed by atoms with Crippen LogP contribution in [0.5, 0.6) is 11.5 Å². The molecule has 0 fully saturated rings. The van der Waals surface area contributed by atoms with Gasteiger partial charge in [0.25, 0.3) is 5.91 Å². The highest BCUT2D eigenvalue weighted by Crippen LogP contribution is 2.29. The van der Waals surface area contributed by atoms with E-state index in [0.717, 1.165) is 28.9 Å². The number of hydrogen-bond acceptors (Lipinski definition) is 4. The van der Waals surface area contributed by atoms with Crippen LogP contribution in [0.1, 0.15) is 33.7 Å². The van der Waals surface area contributed by atoms with Gasteiger partial charge in [0.05, 0.1) is 17.9 Å². The summed E-state index contributed by atoms with van der Waals surface area (Å²) in [6.45, 7) is 2.26. The molecule has 6 nitrogen and oxygen atoms in total. The van der Waals surface area contributed by atoms with Crippen LogP contribution in [0.4, 0.5) is 0 Å². The fraction of sp³-hybridized carbons (Fsp3) is 0.174. The van der Waals surface area contributed by atoms with Gasteiger partial charge < -0.3 is 10.1 Å². The summed E-state index contributed by atoms with van der Waals surface area (Å²) in [4.78, 5) is 17.1. The molecule has 0 saturated carbocycles. The summed E-state index contributed by atoms with van der Waals surface area (Å²) in [5.41, 5.74) is 4.14. The number of pyridine rings is 1. The fourth-order valence-electron chi connectivity index (χ4n) is 3.20. The fourth-order valence-corrected chi connectivity index (χ4v) is 3.20. The zero-order valence-electron chi connectivity index (χ0n) is 16.4. The minimum absolute atomic E-state index is 0.157. The Kier molecular flexibility index (Phi) is 5.24. The van der Waals surface area contributed by atoms with Crippen LogP contribution in [0.15, 0.2) is 67.0 Å². The van der Waals surface area contributed by atoms with Crippen LogP contribution >= 0.6 is 0 Å². The van der Waals surface area contributed by atoms with E-state index in [1.54, 1.807) is 16.9 Å². The van der Waals surface area contributed by atoms with E-state index in [1.807, 2.05) is 50.5 Å². The van der Waals surface area contributed by atoms with Gasteiger partial charge in [-0.2, -0.15) is 5.10 Å². The Balaban J connectivity index is 1.50. The van der Waals surface area contributed by atoms with Crippen molar-refractivity contribution in [2.24, 2.45) is 7.05 Å². The third-order valence-electron chi connectivity index (χ3n) is 4.75. The summed E-state index contributed by atoms with van der Waals surface area (Å²) in [6.07, 6.45) is 10.8. The molecule has 1 N–H and O–H groups in total. The van der Waals surface area contributed by atoms with E-state index in [2.05, 4.69) is 33.6 Å². The number of carbonyl (C=O) groups is 1. The summed E-state index contributed by atoms with van der Waals surface area (Å²) >= 11 is 0. The number of aromatic nitrogens is 3. The van der Waals surface area contributed by atoms with Gasteiger partial charge in [-0.15, -0.1) is 0 Å². The molecule has 6 heteroatoms. The van der Waals surface area contributed by atoms with Gasteiger partial charge in [0.1, 0.15) is 11.5 Å². The second kappa shape index (κ2) is 8.14. The zero-order chi connectivity index (χ0) is 20.2. The minimum Gasteiger partial charge on any atom is -0.457 e. The highest BCUT2D eigenvalue weighted by Gasteiger charge is 2.14. The Morgan fingerprint density at radius 3 is 2.93 bits per heavy atom. The molecule has 0 bridgehead atoms. The Bertz CT molecular complexity index is 1110. The van der Waals surface area contributed by atoms with Gasteiger partial charge in [-0.05, 0) is 43.2 Å².